The summed E-state index contributed by atoms with van der Waals surface area (Å²) in [5.41, 5.74) is 4.15. The van der Waals surface area contributed by atoms with Gasteiger partial charge in [-0.3, -0.25) is 4.79 Å². The molecule has 1 amide bonds. The maximum Gasteiger partial charge on any atom is 0.256 e. The highest BCUT2D eigenvalue weighted by atomic mass is 79.9. The summed E-state index contributed by atoms with van der Waals surface area (Å²) in [6.07, 6.45) is 1.85. The molecule has 0 fully saturated rings. The average Bonchev–Trinajstić information content (AvgIpc) is 2.84. The number of carbonyl (C=O) groups excluding carboxylic acids is 1. The van der Waals surface area contributed by atoms with Gasteiger partial charge in [0, 0.05) is 20.2 Å². The molecule has 0 unspecified atom stereocenters. The first-order valence-corrected chi connectivity index (χ1v) is 9.11. The van der Waals surface area contributed by atoms with Crippen molar-refractivity contribution in [2.75, 3.05) is 5.32 Å². The minimum absolute atomic E-state index is 0.112. The number of amides is 1. The zero-order valence-corrected chi connectivity index (χ0v) is 17.0. The number of benzene rings is 1. The van der Waals surface area contributed by atoms with Crippen LogP contribution in [0.1, 0.15) is 17.0 Å². The van der Waals surface area contributed by atoms with Gasteiger partial charge in [-0.05, 0) is 72.9 Å². The second-order valence-electron chi connectivity index (χ2n) is 4.61. The van der Waals surface area contributed by atoms with E-state index in [1.807, 2.05) is 25.1 Å². The van der Waals surface area contributed by atoms with Crippen LogP contribution in [0, 0.1) is 6.92 Å². The third kappa shape index (κ3) is 2.69. The number of H-pyrrole nitrogens is 1. The van der Waals surface area contributed by atoms with E-state index in [-0.39, 0.29) is 5.91 Å². The van der Waals surface area contributed by atoms with Gasteiger partial charge in [0.05, 0.1) is 25.9 Å². The van der Waals surface area contributed by atoms with Crippen molar-refractivity contribution in [3.05, 3.63) is 47.0 Å². The summed E-state index contributed by atoms with van der Waals surface area (Å²) in [6.45, 7) is 1.96. The van der Waals surface area contributed by atoms with E-state index in [0.717, 1.165) is 40.5 Å². The molecule has 2 heterocycles. The Morgan fingerprint density at radius 3 is 2.43 bits per heavy atom. The van der Waals surface area contributed by atoms with Gasteiger partial charge < -0.3 is 10.3 Å². The summed E-state index contributed by atoms with van der Waals surface area (Å²) in [6, 6.07) is 3.84. The largest absolute Gasteiger partial charge is 0.357 e. The summed E-state index contributed by atoms with van der Waals surface area (Å²) in [5, 5.41) is 2.89. The third-order valence-corrected chi connectivity index (χ3v) is 6.63. The topological polar surface area (TPSA) is 44.9 Å². The number of anilines is 1. The van der Waals surface area contributed by atoms with Crippen LogP contribution in [0.25, 0.3) is 11.6 Å². The van der Waals surface area contributed by atoms with Gasteiger partial charge in [-0.1, -0.05) is 15.9 Å². The Morgan fingerprint density at radius 1 is 1.10 bits per heavy atom. The second-order valence-corrected chi connectivity index (χ2v) is 7.97. The quantitative estimate of drug-likeness (QED) is 0.438. The molecule has 21 heavy (non-hydrogen) atoms. The van der Waals surface area contributed by atoms with Crippen LogP contribution < -0.4 is 5.32 Å². The summed E-state index contributed by atoms with van der Waals surface area (Å²) in [7, 11) is 0. The lowest BCUT2D eigenvalue weighted by Gasteiger charge is -2.02. The Morgan fingerprint density at radius 2 is 1.81 bits per heavy atom. The second kappa shape index (κ2) is 5.68. The molecule has 1 aliphatic rings. The van der Waals surface area contributed by atoms with Crippen LogP contribution in [0.5, 0.6) is 0 Å². The van der Waals surface area contributed by atoms with Crippen molar-refractivity contribution in [3.8, 4) is 0 Å². The van der Waals surface area contributed by atoms with E-state index in [2.05, 4.69) is 74.0 Å². The van der Waals surface area contributed by atoms with Gasteiger partial charge in [-0.25, -0.2) is 0 Å². The number of aromatic amines is 1. The fourth-order valence-electron chi connectivity index (χ4n) is 2.20. The molecule has 108 valence electrons. The molecule has 3 rings (SSSR count). The molecule has 0 radical (unpaired) electrons. The summed E-state index contributed by atoms with van der Waals surface area (Å²) >= 11 is 14.0. The number of hydrogen-bond acceptors (Lipinski definition) is 1. The van der Waals surface area contributed by atoms with Crippen LogP contribution in [0.3, 0.4) is 0 Å². The standard InChI is InChI=1S/C14H8Br4N2O/c1-5-11(17)12(18)10(19-5)4-8-7-2-6(15)3-9(16)13(7)20-14(8)21/h2-4,19H,1H3,(H,20,21). The minimum Gasteiger partial charge on any atom is -0.357 e. The van der Waals surface area contributed by atoms with E-state index in [1.54, 1.807) is 0 Å². The Labute approximate surface area is 155 Å². The summed E-state index contributed by atoms with van der Waals surface area (Å²) in [5.74, 6) is -0.112. The molecule has 1 aromatic carbocycles. The van der Waals surface area contributed by atoms with Gasteiger partial charge in [-0.2, -0.15) is 0 Å². The highest BCUT2D eigenvalue weighted by Gasteiger charge is 2.27. The Kier molecular flexibility index (Phi) is 4.20. The lowest BCUT2D eigenvalue weighted by molar-refractivity contribution is -0.110. The first kappa shape index (κ1) is 15.5. The molecule has 0 aliphatic carbocycles. The number of fused-ring (bicyclic) bond motifs is 1. The molecule has 2 aromatic rings. The SMILES string of the molecule is Cc1[nH]c(C=C2C(=O)Nc3c(Br)cc(Br)cc32)c(Br)c1Br. The van der Waals surface area contributed by atoms with E-state index < -0.39 is 0 Å². The molecule has 0 spiro atoms. The van der Waals surface area contributed by atoms with Crippen LogP contribution in [0.4, 0.5) is 5.69 Å². The van der Waals surface area contributed by atoms with Gasteiger partial charge in [-0.15, -0.1) is 0 Å². The maximum atomic E-state index is 12.2. The molecule has 0 atom stereocenters. The molecular formula is C14H8Br4N2O. The fraction of sp³-hybridized carbons (Fsp3) is 0.0714. The number of nitrogens with one attached hydrogen (secondary N) is 2. The first-order valence-electron chi connectivity index (χ1n) is 5.94. The number of halogens is 4. The predicted octanol–water partition coefficient (Wildman–Crippen LogP) is 5.87. The van der Waals surface area contributed by atoms with E-state index in [9.17, 15) is 4.79 Å². The van der Waals surface area contributed by atoms with Crippen LogP contribution in [-0.4, -0.2) is 10.9 Å². The number of rotatable bonds is 1. The summed E-state index contributed by atoms with van der Waals surface area (Å²) in [4.78, 5) is 15.5. The molecule has 0 saturated carbocycles. The zero-order valence-electron chi connectivity index (χ0n) is 10.7. The van der Waals surface area contributed by atoms with Crippen molar-refractivity contribution >= 4 is 87.0 Å². The average molecular weight is 540 g/mol. The lowest BCUT2D eigenvalue weighted by Crippen LogP contribution is -2.03. The monoisotopic (exact) mass is 536 g/mol. The lowest BCUT2D eigenvalue weighted by atomic mass is 10.1. The van der Waals surface area contributed by atoms with Crippen LogP contribution >= 0.6 is 63.7 Å². The minimum atomic E-state index is -0.112. The molecule has 1 aromatic heterocycles. The molecule has 0 saturated heterocycles. The fourth-order valence-corrected chi connectivity index (χ4v) is 4.35. The van der Waals surface area contributed by atoms with Gasteiger partial charge in [0.25, 0.3) is 5.91 Å². The normalized spacial score (nSPS) is 15.5. The van der Waals surface area contributed by atoms with E-state index in [0.29, 0.717) is 5.57 Å². The molecule has 1 aliphatic heterocycles. The van der Waals surface area contributed by atoms with Crippen LogP contribution in [-0.2, 0) is 4.79 Å². The molecule has 7 heteroatoms. The molecule has 0 bridgehead atoms. The van der Waals surface area contributed by atoms with Crippen molar-refractivity contribution in [1.29, 1.82) is 0 Å². The van der Waals surface area contributed by atoms with E-state index >= 15 is 0 Å². The molecule has 2 N–H and O–H groups in total. The van der Waals surface area contributed by atoms with E-state index in [4.69, 9.17) is 0 Å². The Balaban J connectivity index is 2.18. The van der Waals surface area contributed by atoms with Gasteiger partial charge >= 0.3 is 0 Å². The summed E-state index contributed by atoms with van der Waals surface area (Å²) < 4.78 is 3.64. The van der Waals surface area contributed by atoms with Crippen molar-refractivity contribution in [1.82, 2.24) is 4.98 Å². The zero-order chi connectivity index (χ0) is 15.3. The van der Waals surface area contributed by atoms with Gasteiger partial charge in [0.1, 0.15) is 0 Å². The van der Waals surface area contributed by atoms with Crippen molar-refractivity contribution < 1.29 is 4.79 Å². The number of carbonyl (C=O) groups is 1. The first-order chi connectivity index (χ1) is 9.88. The van der Waals surface area contributed by atoms with Crippen molar-refractivity contribution in [3.63, 3.8) is 0 Å². The van der Waals surface area contributed by atoms with Gasteiger partial charge in [0.15, 0.2) is 0 Å². The number of aryl methyl sites for hydroxylation is 1. The number of hydrogen-bond donors (Lipinski definition) is 2. The third-order valence-electron chi connectivity index (χ3n) is 3.20. The maximum absolute atomic E-state index is 12.2. The van der Waals surface area contributed by atoms with Gasteiger partial charge in [0.2, 0.25) is 0 Å². The predicted molar refractivity (Wildman–Crippen MR) is 99.3 cm³/mol. The number of aromatic nitrogens is 1. The van der Waals surface area contributed by atoms with Crippen molar-refractivity contribution in [2.24, 2.45) is 0 Å². The van der Waals surface area contributed by atoms with Crippen LogP contribution in [0.15, 0.2) is 30.0 Å². The Bertz CT molecular complexity index is 808. The molecular weight excluding hydrogens is 532 g/mol. The highest BCUT2D eigenvalue weighted by Crippen LogP contribution is 2.41. The van der Waals surface area contributed by atoms with E-state index in [1.165, 1.54) is 0 Å². The van der Waals surface area contributed by atoms with Crippen molar-refractivity contribution in [2.45, 2.75) is 6.92 Å². The van der Waals surface area contributed by atoms with Crippen LogP contribution in [0.2, 0.25) is 0 Å². The Hall–Kier alpha value is -0.370. The highest BCUT2D eigenvalue weighted by molar-refractivity contribution is 9.13. The molecule has 3 nitrogen and oxygen atoms in total. The smallest absolute Gasteiger partial charge is 0.256 e.